The van der Waals surface area contributed by atoms with Gasteiger partial charge in [-0.25, -0.2) is 0 Å². The van der Waals surface area contributed by atoms with Crippen LogP contribution in [0.5, 0.6) is 0 Å². The third-order valence-electron chi connectivity index (χ3n) is 5.35. The van der Waals surface area contributed by atoms with Crippen molar-refractivity contribution in [2.75, 3.05) is 0 Å². The first-order valence-electron chi connectivity index (χ1n) is 11.1. The molecule has 1 aromatic rings. The Kier molecular flexibility index (Phi) is 12.7. The molecule has 0 aliphatic carbocycles. The molecule has 0 unspecified atom stereocenters. The average molecular weight is 397 g/mol. The molecule has 156 valence electrons. The van der Waals surface area contributed by atoms with Gasteiger partial charge in [0.1, 0.15) is 0 Å². The summed E-state index contributed by atoms with van der Waals surface area (Å²) in [6.07, 6.45) is 19.1. The Bertz CT molecular complexity index is 608. The van der Waals surface area contributed by atoms with E-state index in [-0.39, 0.29) is 4.90 Å². The van der Waals surface area contributed by atoms with E-state index >= 15 is 0 Å². The van der Waals surface area contributed by atoms with Crippen molar-refractivity contribution in [2.24, 2.45) is 0 Å². The van der Waals surface area contributed by atoms with Crippen molar-refractivity contribution >= 4 is 10.1 Å². The van der Waals surface area contributed by atoms with Gasteiger partial charge in [-0.2, -0.15) is 8.42 Å². The fourth-order valence-electron chi connectivity index (χ4n) is 3.66. The smallest absolute Gasteiger partial charge is 0.282 e. The van der Waals surface area contributed by atoms with Gasteiger partial charge >= 0.3 is 0 Å². The molecule has 1 aromatic carbocycles. The number of rotatable bonds is 16. The predicted octanol–water partition coefficient (Wildman–Crippen LogP) is 7.13. The highest BCUT2D eigenvalue weighted by Gasteiger charge is 2.14. The van der Waals surface area contributed by atoms with Gasteiger partial charge in [0, 0.05) is 0 Å². The molecule has 0 atom stereocenters. The molecule has 0 amide bonds. The first-order valence-corrected chi connectivity index (χ1v) is 12.5. The number of aryl methyl sites for hydroxylation is 2. The molecule has 1 rings (SSSR count). The van der Waals surface area contributed by atoms with E-state index in [2.05, 4.69) is 6.92 Å². The number of benzene rings is 1. The van der Waals surface area contributed by atoms with Crippen molar-refractivity contribution in [3.63, 3.8) is 0 Å². The van der Waals surface area contributed by atoms with Gasteiger partial charge in [-0.05, 0) is 36.5 Å². The fourth-order valence-corrected chi connectivity index (χ4v) is 4.44. The van der Waals surface area contributed by atoms with Crippen molar-refractivity contribution in [3.05, 3.63) is 29.3 Å². The van der Waals surface area contributed by atoms with Gasteiger partial charge in [0.05, 0.1) is 4.90 Å². The van der Waals surface area contributed by atoms with Gasteiger partial charge in [-0.3, -0.25) is 4.55 Å². The number of hydrogen-bond donors (Lipinski definition) is 1. The van der Waals surface area contributed by atoms with E-state index in [1.165, 1.54) is 82.6 Å². The topological polar surface area (TPSA) is 54.4 Å². The zero-order valence-corrected chi connectivity index (χ0v) is 18.3. The summed E-state index contributed by atoms with van der Waals surface area (Å²) in [4.78, 5) is 0.0547. The zero-order chi connectivity index (χ0) is 20.0. The van der Waals surface area contributed by atoms with Crippen molar-refractivity contribution in [3.8, 4) is 0 Å². The third kappa shape index (κ3) is 10.9. The van der Waals surface area contributed by atoms with E-state index in [1.54, 1.807) is 6.07 Å². The van der Waals surface area contributed by atoms with Crippen LogP contribution in [0, 0.1) is 0 Å². The van der Waals surface area contributed by atoms with Crippen LogP contribution >= 0.6 is 0 Å². The summed E-state index contributed by atoms with van der Waals surface area (Å²) in [5.74, 6) is 0. The van der Waals surface area contributed by atoms with E-state index < -0.39 is 10.1 Å². The molecule has 1 N–H and O–H groups in total. The van der Waals surface area contributed by atoms with E-state index in [1.807, 2.05) is 19.1 Å². The summed E-state index contributed by atoms with van der Waals surface area (Å²) in [6.45, 7) is 4.18. The van der Waals surface area contributed by atoms with Crippen LogP contribution in [-0.4, -0.2) is 13.0 Å². The first kappa shape index (κ1) is 24.2. The highest BCUT2D eigenvalue weighted by molar-refractivity contribution is 7.85. The van der Waals surface area contributed by atoms with E-state index in [9.17, 15) is 13.0 Å². The molecule has 0 aliphatic heterocycles. The van der Waals surface area contributed by atoms with Crippen LogP contribution in [0.2, 0.25) is 0 Å². The summed E-state index contributed by atoms with van der Waals surface area (Å²) in [6, 6.07) is 5.32. The second-order valence-corrected chi connectivity index (χ2v) is 9.15. The molecule has 0 fully saturated rings. The molecule has 4 heteroatoms. The minimum atomic E-state index is -4.11. The molecule has 27 heavy (non-hydrogen) atoms. The predicted molar refractivity (Wildman–Crippen MR) is 115 cm³/mol. The molecular formula is C23H40O3S. The Hall–Kier alpha value is -0.870. The SMILES string of the molecule is CCCCCCCCCCCCCCCc1ccc(S(=O)(=O)O)c(CC)c1. The van der Waals surface area contributed by atoms with Crippen LogP contribution in [-0.2, 0) is 23.0 Å². The van der Waals surface area contributed by atoms with Gasteiger partial charge in [0.25, 0.3) is 10.1 Å². The van der Waals surface area contributed by atoms with Gasteiger partial charge in [0.2, 0.25) is 0 Å². The fraction of sp³-hybridized carbons (Fsp3) is 0.739. The molecule has 0 aromatic heterocycles. The van der Waals surface area contributed by atoms with Crippen molar-refractivity contribution < 1.29 is 13.0 Å². The van der Waals surface area contributed by atoms with Crippen LogP contribution < -0.4 is 0 Å². The largest absolute Gasteiger partial charge is 0.294 e. The van der Waals surface area contributed by atoms with Crippen LogP contribution in [0.25, 0.3) is 0 Å². The molecule has 3 nitrogen and oxygen atoms in total. The molecule has 0 saturated carbocycles. The molecule has 0 heterocycles. The Labute approximate surface area is 167 Å². The molecule has 0 radical (unpaired) electrons. The van der Waals surface area contributed by atoms with Crippen molar-refractivity contribution in [1.29, 1.82) is 0 Å². The maximum Gasteiger partial charge on any atom is 0.294 e. The lowest BCUT2D eigenvalue weighted by atomic mass is 10.0. The van der Waals surface area contributed by atoms with E-state index in [0.29, 0.717) is 12.0 Å². The van der Waals surface area contributed by atoms with Crippen LogP contribution in [0.4, 0.5) is 0 Å². The Balaban J connectivity index is 2.08. The van der Waals surface area contributed by atoms with Crippen molar-refractivity contribution in [2.45, 2.75) is 115 Å². The Morgan fingerprint density at radius 3 is 1.67 bits per heavy atom. The molecule has 0 bridgehead atoms. The highest BCUT2D eigenvalue weighted by atomic mass is 32.2. The van der Waals surface area contributed by atoms with Gasteiger partial charge in [0.15, 0.2) is 0 Å². The number of unbranched alkanes of at least 4 members (excludes halogenated alkanes) is 12. The van der Waals surface area contributed by atoms with Crippen LogP contribution in [0.3, 0.4) is 0 Å². The molecule has 0 spiro atoms. The molecule has 0 aliphatic rings. The first-order chi connectivity index (χ1) is 13.0. The number of hydrogen-bond acceptors (Lipinski definition) is 2. The van der Waals surface area contributed by atoms with Crippen molar-refractivity contribution in [1.82, 2.24) is 0 Å². The summed E-state index contributed by atoms with van der Waals surface area (Å²) < 4.78 is 32.0. The van der Waals surface area contributed by atoms with Crippen LogP contribution in [0.1, 0.15) is 108 Å². The monoisotopic (exact) mass is 396 g/mol. The quantitative estimate of drug-likeness (QED) is 0.239. The maximum atomic E-state index is 11.4. The van der Waals surface area contributed by atoms with Gasteiger partial charge in [-0.15, -0.1) is 0 Å². The second-order valence-electron chi connectivity index (χ2n) is 7.76. The highest BCUT2D eigenvalue weighted by Crippen LogP contribution is 2.20. The minimum absolute atomic E-state index is 0.0547. The lowest BCUT2D eigenvalue weighted by Gasteiger charge is -2.08. The Morgan fingerprint density at radius 1 is 0.741 bits per heavy atom. The maximum absolute atomic E-state index is 11.4. The molecular weight excluding hydrogens is 356 g/mol. The summed E-state index contributed by atoms with van der Waals surface area (Å²) in [5.41, 5.74) is 1.88. The lowest BCUT2D eigenvalue weighted by molar-refractivity contribution is 0.482. The van der Waals surface area contributed by atoms with Gasteiger partial charge < -0.3 is 0 Å². The summed E-state index contributed by atoms with van der Waals surface area (Å²) >= 11 is 0. The van der Waals surface area contributed by atoms with E-state index in [4.69, 9.17) is 0 Å². The summed E-state index contributed by atoms with van der Waals surface area (Å²) in [5, 5.41) is 0. The standard InChI is InChI=1S/C23H40O3S/c1-3-5-6-7-8-9-10-11-12-13-14-15-16-17-21-18-19-23(27(24,25)26)22(4-2)20-21/h18-20H,3-17H2,1-2H3,(H,24,25,26). The van der Waals surface area contributed by atoms with Crippen LogP contribution in [0.15, 0.2) is 23.1 Å². The average Bonchev–Trinajstić information content (AvgIpc) is 2.64. The van der Waals surface area contributed by atoms with E-state index in [0.717, 1.165) is 12.8 Å². The molecule has 0 saturated heterocycles. The lowest BCUT2D eigenvalue weighted by Crippen LogP contribution is -2.03. The normalized spacial score (nSPS) is 11.8. The minimum Gasteiger partial charge on any atom is -0.282 e. The zero-order valence-electron chi connectivity index (χ0n) is 17.5. The third-order valence-corrected chi connectivity index (χ3v) is 6.31. The summed E-state index contributed by atoms with van der Waals surface area (Å²) in [7, 11) is -4.11. The Morgan fingerprint density at radius 2 is 1.22 bits per heavy atom. The second kappa shape index (κ2) is 14.2. The van der Waals surface area contributed by atoms with Gasteiger partial charge in [-0.1, -0.05) is 103 Å².